The van der Waals surface area contributed by atoms with Crippen molar-refractivity contribution in [2.45, 2.75) is 20.0 Å². The second kappa shape index (κ2) is 9.19. The van der Waals surface area contributed by atoms with Crippen LogP contribution in [0.15, 0.2) is 72.9 Å². The molecule has 4 nitrogen and oxygen atoms in total. The zero-order valence-electron chi connectivity index (χ0n) is 15.2. The van der Waals surface area contributed by atoms with E-state index in [1.54, 1.807) is 17.2 Å². The molecular weight excluding hydrogens is 358 g/mol. The molecule has 0 fully saturated rings. The van der Waals surface area contributed by atoms with Crippen LogP contribution in [0.2, 0.25) is 5.02 Å². The summed E-state index contributed by atoms with van der Waals surface area (Å²) in [5.41, 5.74) is 3.37. The summed E-state index contributed by atoms with van der Waals surface area (Å²) in [6, 6.07) is 21.3. The molecule has 0 unspecified atom stereocenters. The van der Waals surface area contributed by atoms with E-state index in [-0.39, 0.29) is 5.91 Å². The van der Waals surface area contributed by atoms with E-state index in [1.807, 2.05) is 67.6 Å². The van der Waals surface area contributed by atoms with Gasteiger partial charge in [0.15, 0.2) is 0 Å². The molecule has 0 aliphatic heterocycles. The van der Waals surface area contributed by atoms with Gasteiger partial charge in [-0.15, -0.1) is 0 Å². The van der Waals surface area contributed by atoms with Gasteiger partial charge in [-0.2, -0.15) is 0 Å². The van der Waals surface area contributed by atoms with Crippen LogP contribution in [0.5, 0.6) is 0 Å². The minimum atomic E-state index is -0.0808. The van der Waals surface area contributed by atoms with E-state index in [1.165, 1.54) is 0 Å². The maximum absolute atomic E-state index is 12.9. The molecule has 1 heterocycles. The molecule has 5 heteroatoms. The Balaban J connectivity index is 1.70. The normalized spacial score (nSPS) is 10.4. The fourth-order valence-electron chi connectivity index (χ4n) is 2.79. The largest absolute Gasteiger partial charge is 0.381 e. The number of carbonyl (C=O) groups is 1. The standard InChI is InChI=1S/C22H22ClN3O/c1-2-26(16-17-8-4-3-5-9-17)22(27)21-14-19(12-13-24-21)25-15-18-10-6-7-11-20(18)23/h3-14H,2,15-16H2,1H3,(H,24,25). The number of carbonyl (C=O) groups excluding carboxylic acids is 1. The van der Waals surface area contributed by atoms with E-state index in [4.69, 9.17) is 11.6 Å². The summed E-state index contributed by atoms with van der Waals surface area (Å²) in [6.45, 7) is 3.74. The number of pyridine rings is 1. The molecule has 3 rings (SSSR count). The number of nitrogens with one attached hydrogen (secondary N) is 1. The van der Waals surface area contributed by atoms with Crippen molar-refractivity contribution in [3.63, 3.8) is 0 Å². The van der Waals surface area contributed by atoms with Crippen molar-refractivity contribution in [2.24, 2.45) is 0 Å². The van der Waals surface area contributed by atoms with Gasteiger partial charge in [0.05, 0.1) is 0 Å². The zero-order chi connectivity index (χ0) is 19.1. The summed E-state index contributed by atoms with van der Waals surface area (Å²) in [5, 5.41) is 4.03. The lowest BCUT2D eigenvalue weighted by Crippen LogP contribution is -2.31. The smallest absolute Gasteiger partial charge is 0.272 e. The van der Waals surface area contributed by atoms with Crippen molar-refractivity contribution >= 4 is 23.2 Å². The highest BCUT2D eigenvalue weighted by Crippen LogP contribution is 2.18. The first-order chi connectivity index (χ1) is 13.2. The Morgan fingerprint density at radius 3 is 2.56 bits per heavy atom. The third-order valence-corrected chi connectivity index (χ3v) is 4.67. The van der Waals surface area contributed by atoms with E-state index in [2.05, 4.69) is 10.3 Å². The molecule has 0 aliphatic rings. The van der Waals surface area contributed by atoms with E-state index in [9.17, 15) is 4.79 Å². The highest BCUT2D eigenvalue weighted by Gasteiger charge is 2.16. The van der Waals surface area contributed by atoms with Crippen LogP contribution in [0, 0.1) is 0 Å². The molecule has 1 aromatic heterocycles. The molecular formula is C22H22ClN3O. The molecule has 138 valence electrons. The summed E-state index contributed by atoms with van der Waals surface area (Å²) >= 11 is 6.20. The van der Waals surface area contributed by atoms with Crippen LogP contribution in [-0.2, 0) is 13.1 Å². The summed E-state index contributed by atoms with van der Waals surface area (Å²) in [6.07, 6.45) is 1.65. The van der Waals surface area contributed by atoms with Gasteiger partial charge in [0.2, 0.25) is 0 Å². The molecule has 1 N–H and O–H groups in total. The Hall–Kier alpha value is -2.85. The third kappa shape index (κ3) is 5.08. The lowest BCUT2D eigenvalue weighted by Gasteiger charge is -2.21. The van der Waals surface area contributed by atoms with Crippen molar-refractivity contribution in [1.29, 1.82) is 0 Å². The van der Waals surface area contributed by atoms with Gasteiger partial charge in [0, 0.05) is 36.5 Å². The van der Waals surface area contributed by atoms with Gasteiger partial charge in [-0.05, 0) is 36.2 Å². The van der Waals surface area contributed by atoms with Crippen molar-refractivity contribution < 1.29 is 4.79 Å². The molecule has 0 atom stereocenters. The number of rotatable bonds is 7. The van der Waals surface area contributed by atoms with E-state index < -0.39 is 0 Å². The summed E-state index contributed by atoms with van der Waals surface area (Å²) in [5.74, 6) is -0.0808. The van der Waals surface area contributed by atoms with Crippen LogP contribution in [0.1, 0.15) is 28.5 Å². The second-order valence-electron chi connectivity index (χ2n) is 6.18. The summed E-state index contributed by atoms with van der Waals surface area (Å²) in [7, 11) is 0. The molecule has 0 bridgehead atoms. The van der Waals surface area contributed by atoms with Crippen LogP contribution in [0.3, 0.4) is 0 Å². The van der Waals surface area contributed by atoms with E-state index in [0.29, 0.717) is 25.3 Å². The van der Waals surface area contributed by atoms with Gasteiger partial charge >= 0.3 is 0 Å². The van der Waals surface area contributed by atoms with Crippen LogP contribution < -0.4 is 5.32 Å². The predicted octanol–water partition coefficient (Wildman–Crippen LogP) is 5.01. The number of nitrogens with zero attached hydrogens (tertiary/aromatic N) is 2. The van der Waals surface area contributed by atoms with Crippen LogP contribution in [-0.4, -0.2) is 22.3 Å². The second-order valence-corrected chi connectivity index (χ2v) is 6.59. The lowest BCUT2D eigenvalue weighted by molar-refractivity contribution is 0.0746. The molecule has 2 aromatic carbocycles. The minimum Gasteiger partial charge on any atom is -0.381 e. The molecule has 27 heavy (non-hydrogen) atoms. The van der Waals surface area contributed by atoms with Crippen molar-refractivity contribution in [3.8, 4) is 0 Å². The average Bonchev–Trinajstić information content (AvgIpc) is 2.72. The Kier molecular flexibility index (Phi) is 6.44. The third-order valence-electron chi connectivity index (χ3n) is 4.31. The molecule has 0 spiro atoms. The Morgan fingerprint density at radius 2 is 1.81 bits per heavy atom. The van der Waals surface area contributed by atoms with Crippen LogP contribution in [0.25, 0.3) is 0 Å². The lowest BCUT2D eigenvalue weighted by atomic mass is 10.2. The van der Waals surface area contributed by atoms with E-state index >= 15 is 0 Å². The number of amides is 1. The average molecular weight is 380 g/mol. The Bertz CT molecular complexity index is 899. The number of hydrogen-bond donors (Lipinski definition) is 1. The number of aromatic nitrogens is 1. The first kappa shape index (κ1) is 18.9. The number of benzene rings is 2. The number of anilines is 1. The van der Waals surface area contributed by atoms with Crippen molar-refractivity contribution in [1.82, 2.24) is 9.88 Å². The quantitative estimate of drug-likeness (QED) is 0.627. The highest BCUT2D eigenvalue weighted by atomic mass is 35.5. The SMILES string of the molecule is CCN(Cc1ccccc1)C(=O)c1cc(NCc2ccccc2Cl)ccn1. The fraction of sp³-hybridized carbons (Fsp3) is 0.182. The molecule has 3 aromatic rings. The molecule has 0 aliphatic carbocycles. The highest BCUT2D eigenvalue weighted by molar-refractivity contribution is 6.31. The van der Waals surface area contributed by atoms with E-state index in [0.717, 1.165) is 21.8 Å². The topological polar surface area (TPSA) is 45.2 Å². The monoisotopic (exact) mass is 379 g/mol. The summed E-state index contributed by atoms with van der Waals surface area (Å²) < 4.78 is 0. The first-order valence-electron chi connectivity index (χ1n) is 8.94. The van der Waals surface area contributed by atoms with Gasteiger partial charge in [0.25, 0.3) is 5.91 Å². The predicted molar refractivity (Wildman–Crippen MR) is 110 cm³/mol. The number of halogens is 1. The zero-order valence-corrected chi connectivity index (χ0v) is 16.0. The molecule has 0 radical (unpaired) electrons. The molecule has 0 saturated carbocycles. The van der Waals surface area contributed by atoms with Crippen molar-refractivity contribution in [2.75, 3.05) is 11.9 Å². The van der Waals surface area contributed by atoms with Gasteiger partial charge in [0.1, 0.15) is 5.69 Å². The van der Waals surface area contributed by atoms with Gasteiger partial charge < -0.3 is 10.2 Å². The maximum Gasteiger partial charge on any atom is 0.272 e. The minimum absolute atomic E-state index is 0.0808. The molecule has 1 amide bonds. The first-order valence-corrected chi connectivity index (χ1v) is 9.31. The van der Waals surface area contributed by atoms with Crippen molar-refractivity contribution in [3.05, 3.63) is 94.8 Å². The molecule has 0 saturated heterocycles. The summed E-state index contributed by atoms with van der Waals surface area (Å²) in [4.78, 5) is 18.9. The Labute approximate surface area is 164 Å². The fourth-order valence-corrected chi connectivity index (χ4v) is 2.99. The van der Waals surface area contributed by atoms with Gasteiger partial charge in [-0.3, -0.25) is 9.78 Å². The van der Waals surface area contributed by atoms with Gasteiger partial charge in [-0.25, -0.2) is 0 Å². The Morgan fingerprint density at radius 1 is 1.07 bits per heavy atom. The maximum atomic E-state index is 12.9. The van der Waals surface area contributed by atoms with Gasteiger partial charge in [-0.1, -0.05) is 60.1 Å². The number of hydrogen-bond acceptors (Lipinski definition) is 3. The van der Waals surface area contributed by atoms with Crippen LogP contribution >= 0.6 is 11.6 Å². The van der Waals surface area contributed by atoms with Crippen LogP contribution in [0.4, 0.5) is 5.69 Å².